The lowest BCUT2D eigenvalue weighted by Gasteiger charge is -2.26. The second-order valence-corrected chi connectivity index (χ2v) is 7.05. The van der Waals surface area contributed by atoms with E-state index in [-0.39, 0.29) is 0 Å². The van der Waals surface area contributed by atoms with Crippen molar-refractivity contribution in [2.45, 2.75) is 65.7 Å². The summed E-state index contributed by atoms with van der Waals surface area (Å²) in [5.74, 6) is 1.63. The van der Waals surface area contributed by atoms with Gasteiger partial charge in [0.1, 0.15) is 0 Å². The molecule has 2 unspecified atom stereocenters. The lowest BCUT2D eigenvalue weighted by molar-refractivity contribution is -0.133. The van der Waals surface area contributed by atoms with Gasteiger partial charge in [-0.3, -0.25) is 4.79 Å². The topological polar surface area (TPSA) is 20.3 Å². The van der Waals surface area contributed by atoms with E-state index in [1.54, 1.807) is 0 Å². The highest BCUT2D eigenvalue weighted by molar-refractivity contribution is 5.81. The predicted octanol–water partition coefficient (Wildman–Crippen LogP) is 4.41. The maximum Gasteiger partial charge on any atom is 0.225 e. The van der Waals surface area contributed by atoms with Crippen LogP contribution < -0.4 is 0 Å². The number of carbonyl (C=O) groups excluding carboxylic acids is 1. The van der Waals surface area contributed by atoms with E-state index in [2.05, 4.69) is 37.8 Å². The van der Waals surface area contributed by atoms with Gasteiger partial charge in [-0.1, -0.05) is 32.9 Å². The first-order valence-corrected chi connectivity index (χ1v) is 8.54. The highest BCUT2D eigenvalue weighted by atomic mass is 16.2. The number of carbonyl (C=O) groups is 1. The van der Waals surface area contributed by atoms with E-state index in [0.717, 1.165) is 44.7 Å². The monoisotopic (exact) mass is 277 g/mol. The molecule has 0 aromatic rings. The van der Waals surface area contributed by atoms with Crippen molar-refractivity contribution >= 4 is 5.91 Å². The second-order valence-electron chi connectivity index (χ2n) is 7.05. The number of amides is 1. The van der Waals surface area contributed by atoms with Gasteiger partial charge in [0.15, 0.2) is 0 Å². The maximum absolute atomic E-state index is 12.3. The minimum atomic E-state index is 0.370. The molecule has 0 N–H and O–H groups in total. The van der Waals surface area contributed by atoms with Crippen molar-refractivity contribution in [2.24, 2.45) is 17.3 Å². The molecule has 0 heterocycles. The normalized spacial score (nSPS) is 28.9. The fourth-order valence-electron chi connectivity index (χ4n) is 3.29. The zero-order chi connectivity index (χ0) is 14.6. The van der Waals surface area contributed by atoms with Crippen LogP contribution in [0.3, 0.4) is 0 Å². The predicted molar refractivity (Wildman–Crippen MR) is 84.5 cm³/mol. The van der Waals surface area contributed by atoms with Gasteiger partial charge in [0, 0.05) is 19.0 Å². The molecule has 2 fully saturated rings. The Hall–Kier alpha value is -0.790. The molecule has 0 bridgehead atoms. The largest absolute Gasteiger partial charge is 0.342 e. The fraction of sp³-hybridized carbons (Fsp3) is 0.833. The lowest BCUT2D eigenvalue weighted by atomic mass is 10.0. The van der Waals surface area contributed by atoms with Crippen molar-refractivity contribution in [3.63, 3.8) is 0 Å². The highest BCUT2D eigenvalue weighted by Crippen LogP contribution is 2.55. The van der Waals surface area contributed by atoms with Crippen molar-refractivity contribution in [1.82, 2.24) is 4.90 Å². The van der Waals surface area contributed by atoms with Crippen molar-refractivity contribution < 1.29 is 4.79 Å². The summed E-state index contributed by atoms with van der Waals surface area (Å²) in [7, 11) is 0. The van der Waals surface area contributed by atoms with E-state index in [0.29, 0.717) is 17.2 Å². The molecule has 0 radical (unpaired) electrons. The Balaban J connectivity index is 1.78. The van der Waals surface area contributed by atoms with Crippen LogP contribution in [0.1, 0.15) is 65.7 Å². The molecule has 2 nitrogen and oxygen atoms in total. The number of hydrogen-bond donors (Lipinski definition) is 0. The Labute approximate surface area is 124 Å². The van der Waals surface area contributed by atoms with Crippen LogP contribution in [0.25, 0.3) is 0 Å². The molecule has 2 aliphatic rings. The van der Waals surface area contributed by atoms with Gasteiger partial charge in [0.25, 0.3) is 0 Å². The van der Waals surface area contributed by atoms with Crippen LogP contribution in [0.15, 0.2) is 12.2 Å². The second kappa shape index (κ2) is 6.78. The van der Waals surface area contributed by atoms with E-state index < -0.39 is 0 Å². The van der Waals surface area contributed by atoms with Crippen LogP contribution in [0.5, 0.6) is 0 Å². The van der Waals surface area contributed by atoms with Gasteiger partial charge in [-0.2, -0.15) is 0 Å². The summed E-state index contributed by atoms with van der Waals surface area (Å²) < 4.78 is 0. The molecule has 114 valence electrons. The molecule has 2 saturated carbocycles. The Morgan fingerprint density at radius 1 is 1.30 bits per heavy atom. The summed E-state index contributed by atoms with van der Waals surface area (Å²) >= 11 is 0. The number of allylic oxidation sites excluding steroid dienone is 2. The average Bonchev–Trinajstić information content (AvgIpc) is 3.31. The van der Waals surface area contributed by atoms with Gasteiger partial charge in [-0.05, 0) is 56.3 Å². The average molecular weight is 277 g/mol. The quantitative estimate of drug-likeness (QED) is 0.572. The Kier molecular flexibility index (Phi) is 5.29. The molecule has 0 spiro atoms. The summed E-state index contributed by atoms with van der Waals surface area (Å²) in [6.45, 7) is 8.69. The van der Waals surface area contributed by atoms with Crippen LogP contribution in [0.2, 0.25) is 0 Å². The standard InChI is InChI=1S/C18H31NO/c1-4-6-7-8-9-16-13-18(16,3)14-19(12-5-2)17(20)15-10-11-15/h6-7,15-16H,4-5,8-14H2,1-3H3/b7-6-. The zero-order valence-electron chi connectivity index (χ0n) is 13.5. The van der Waals surface area contributed by atoms with Gasteiger partial charge >= 0.3 is 0 Å². The smallest absolute Gasteiger partial charge is 0.225 e. The van der Waals surface area contributed by atoms with Crippen LogP contribution in [-0.2, 0) is 4.79 Å². The SMILES string of the molecule is CC/C=C\CCC1CC1(C)CN(CCC)C(=O)C1CC1. The van der Waals surface area contributed by atoms with Gasteiger partial charge in [0.2, 0.25) is 5.91 Å². The van der Waals surface area contributed by atoms with Crippen molar-refractivity contribution in [3.8, 4) is 0 Å². The first kappa shape index (κ1) is 15.6. The molecule has 2 rings (SSSR count). The lowest BCUT2D eigenvalue weighted by Crippen LogP contribution is -2.37. The molecule has 0 aromatic carbocycles. The third-order valence-corrected chi connectivity index (χ3v) is 4.91. The van der Waals surface area contributed by atoms with Crippen LogP contribution in [0.4, 0.5) is 0 Å². The van der Waals surface area contributed by atoms with E-state index in [9.17, 15) is 4.79 Å². The van der Waals surface area contributed by atoms with Crippen molar-refractivity contribution in [1.29, 1.82) is 0 Å². The molecule has 2 aliphatic carbocycles. The van der Waals surface area contributed by atoms with Crippen LogP contribution in [-0.4, -0.2) is 23.9 Å². The molecule has 2 heteroatoms. The zero-order valence-corrected chi connectivity index (χ0v) is 13.5. The Bertz CT molecular complexity index is 358. The molecular formula is C18H31NO. The molecule has 0 aliphatic heterocycles. The van der Waals surface area contributed by atoms with Crippen LogP contribution >= 0.6 is 0 Å². The van der Waals surface area contributed by atoms with E-state index in [4.69, 9.17) is 0 Å². The minimum Gasteiger partial charge on any atom is -0.342 e. The molecular weight excluding hydrogens is 246 g/mol. The highest BCUT2D eigenvalue weighted by Gasteiger charge is 2.50. The molecule has 0 saturated heterocycles. The summed E-state index contributed by atoms with van der Waals surface area (Å²) in [6.07, 6.45) is 12.9. The summed E-state index contributed by atoms with van der Waals surface area (Å²) in [4.78, 5) is 14.5. The number of rotatable bonds is 9. The van der Waals surface area contributed by atoms with E-state index >= 15 is 0 Å². The van der Waals surface area contributed by atoms with Crippen molar-refractivity contribution in [3.05, 3.63) is 12.2 Å². The fourth-order valence-corrected chi connectivity index (χ4v) is 3.29. The van der Waals surface area contributed by atoms with Gasteiger partial charge < -0.3 is 4.90 Å². The van der Waals surface area contributed by atoms with Gasteiger partial charge in [-0.15, -0.1) is 0 Å². The van der Waals surface area contributed by atoms with Crippen molar-refractivity contribution in [2.75, 3.05) is 13.1 Å². The summed E-state index contributed by atoms with van der Waals surface area (Å²) in [5, 5.41) is 0. The van der Waals surface area contributed by atoms with Gasteiger partial charge in [0.05, 0.1) is 0 Å². The molecule has 0 aromatic heterocycles. The third kappa shape index (κ3) is 4.10. The Morgan fingerprint density at radius 3 is 2.65 bits per heavy atom. The van der Waals surface area contributed by atoms with Crippen LogP contribution in [0, 0.1) is 17.3 Å². The van der Waals surface area contributed by atoms with E-state index in [1.807, 2.05) is 0 Å². The number of nitrogens with zero attached hydrogens (tertiary/aromatic N) is 1. The Morgan fingerprint density at radius 2 is 2.05 bits per heavy atom. The first-order chi connectivity index (χ1) is 9.60. The van der Waals surface area contributed by atoms with Gasteiger partial charge in [-0.25, -0.2) is 0 Å². The molecule has 1 amide bonds. The molecule has 20 heavy (non-hydrogen) atoms. The summed E-state index contributed by atoms with van der Waals surface area (Å²) in [6, 6.07) is 0. The van der Waals surface area contributed by atoms with E-state index in [1.165, 1.54) is 19.3 Å². The number of hydrogen-bond acceptors (Lipinski definition) is 1. The summed E-state index contributed by atoms with van der Waals surface area (Å²) in [5.41, 5.74) is 0.403. The first-order valence-electron chi connectivity index (χ1n) is 8.54. The molecule has 2 atom stereocenters. The minimum absolute atomic E-state index is 0.370. The third-order valence-electron chi connectivity index (χ3n) is 4.91. The maximum atomic E-state index is 12.3.